The van der Waals surface area contributed by atoms with Gasteiger partial charge in [0.15, 0.2) is 0 Å². The van der Waals surface area contributed by atoms with Crippen molar-refractivity contribution in [2.24, 2.45) is 0 Å². The zero-order chi connectivity index (χ0) is 13.1. The van der Waals surface area contributed by atoms with Gasteiger partial charge in [-0.25, -0.2) is 4.98 Å². The zero-order valence-electron chi connectivity index (χ0n) is 11.0. The second kappa shape index (κ2) is 5.44. The predicted molar refractivity (Wildman–Crippen MR) is 78.3 cm³/mol. The zero-order valence-corrected chi connectivity index (χ0v) is 11.8. The fourth-order valence-corrected chi connectivity index (χ4v) is 2.09. The minimum atomic E-state index is 0.549. The van der Waals surface area contributed by atoms with Crippen LogP contribution in [0.3, 0.4) is 0 Å². The Morgan fingerprint density at radius 2 is 1.89 bits per heavy atom. The van der Waals surface area contributed by atoms with Gasteiger partial charge in [-0.15, -0.1) is 0 Å². The monoisotopic (exact) mass is 258 g/mol. The van der Waals surface area contributed by atoms with Crippen molar-refractivity contribution in [2.75, 3.05) is 0 Å². The third-order valence-corrected chi connectivity index (χ3v) is 3.24. The van der Waals surface area contributed by atoms with Crippen LogP contribution in [0.4, 0.5) is 0 Å². The molecule has 3 heteroatoms. The molecule has 0 radical (unpaired) electrons. The van der Waals surface area contributed by atoms with E-state index in [1.165, 1.54) is 5.56 Å². The van der Waals surface area contributed by atoms with Crippen LogP contribution in [0.25, 0.3) is 11.4 Å². The number of rotatable bonds is 3. The highest BCUT2D eigenvalue weighted by molar-refractivity contribution is 7.71. The van der Waals surface area contributed by atoms with E-state index in [4.69, 9.17) is 12.2 Å². The minimum Gasteiger partial charge on any atom is -0.343 e. The maximum Gasteiger partial charge on any atom is 0.139 e. The number of H-pyrrole nitrogens is 1. The Hall–Kier alpha value is -1.48. The quantitative estimate of drug-likeness (QED) is 0.822. The first-order valence-electron chi connectivity index (χ1n) is 6.30. The molecule has 0 spiro atoms. The number of aromatic nitrogens is 2. The van der Waals surface area contributed by atoms with Crippen molar-refractivity contribution in [1.29, 1.82) is 0 Å². The first kappa shape index (κ1) is 13.0. The molecule has 0 atom stereocenters. The number of nitrogens with zero attached hydrogens (tertiary/aromatic N) is 1. The SMILES string of the molecule is CCc1cc(=S)nc(-c2ccc(C(C)C)cc2)[nH]1. The van der Waals surface area contributed by atoms with Crippen LogP contribution in [0.5, 0.6) is 0 Å². The molecule has 0 unspecified atom stereocenters. The van der Waals surface area contributed by atoms with Gasteiger partial charge in [0.05, 0.1) is 0 Å². The molecule has 0 fully saturated rings. The summed E-state index contributed by atoms with van der Waals surface area (Å²) in [6.07, 6.45) is 0.934. The summed E-state index contributed by atoms with van der Waals surface area (Å²) in [5.74, 6) is 1.40. The van der Waals surface area contributed by atoms with Gasteiger partial charge in [-0.1, -0.05) is 57.3 Å². The topological polar surface area (TPSA) is 28.7 Å². The van der Waals surface area contributed by atoms with Crippen LogP contribution in [-0.4, -0.2) is 9.97 Å². The van der Waals surface area contributed by atoms with Gasteiger partial charge in [-0.05, 0) is 24.0 Å². The Kier molecular flexibility index (Phi) is 3.92. The number of hydrogen-bond donors (Lipinski definition) is 1. The minimum absolute atomic E-state index is 0.549. The number of aromatic amines is 1. The van der Waals surface area contributed by atoms with E-state index in [0.29, 0.717) is 10.6 Å². The van der Waals surface area contributed by atoms with Crippen LogP contribution in [0, 0.1) is 4.64 Å². The molecule has 2 nitrogen and oxygen atoms in total. The number of aryl methyl sites for hydroxylation is 1. The van der Waals surface area contributed by atoms with Crippen LogP contribution in [0.15, 0.2) is 30.3 Å². The average Bonchev–Trinajstić information content (AvgIpc) is 2.38. The lowest BCUT2D eigenvalue weighted by Gasteiger charge is -2.07. The summed E-state index contributed by atoms with van der Waals surface area (Å²) < 4.78 is 0.647. The summed E-state index contributed by atoms with van der Waals surface area (Å²) in [6.45, 7) is 6.49. The Morgan fingerprint density at radius 3 is 2.44 bits per heavy atom. The lowest BCUT2D eigenvalue weighted by molar-refractivity contribution is 0.866. The summed E-state index contributed by atoms with van der Waals surface area (Å²) >= 11 is 5.19. The van der Waals surface area contributed by atoms with Crippen molar-refractivity contribution in [2.45, 2.75) is 33.1 Å². The fourth-order valence-electron chi connectivity index (χ4n) is 1.86. The summed E-state index contributed by atoms with van der Waals surface area (Å²) in [4.78, 5) is 7.71. The van der Waals surface area contributed by atoms with Crippen molar-refractivity contribution >= 4 is 12.2 Å². The summed E-state index contributed by atoms with van der Waals surface area (Å²) in [6, 6.07) is 10.4. The van der Waals surface area contributed by atoms with Crippen molar-refractivity contribution in [3.63, 3.8) is 0 Å². The van der Waals surface area contributed by atoms with Crippen LogP contribution in [0.1, 0.15) is 37.9 Å². The van der Waals surface area contributed by atoms with Crippen LogP contribution in [0.2, 0.25) is 0 Å². The van der Waals surface area contributed by atoms with E-state index in [9.17, 15) is 0 Å². The molecule has 0 aliphatic heterocycles. The number of benzene rings is 1. The van der Waals surface area contributed by atoms with Gasteiger partial charge in [0.1, 0.15) is 10.5 Å². The fraction of sp³-hybridized carbons (Fsp3) is 0.333. The van der Waals surface area contributed by atoms with Gasteiger partial charge < -0.3 is 4.98 Å². The predicted octanol–water partition coefficient (Wildman–Crippen LogP) is 4.49. The maximum atomic E-state index is 5.19. The van der Waals surface area contributed by atoms with E-state index in [1.807, 2.05) is 6.07 Å². The highest BCUT2D eigenvalue weighted by Crippen LogP contribution is 2.20. The lowest BCUT2D eigenvalue weighted by atomic mass is 10.0. The van der Waals surface area contributed by atoms with Gasteiger partial charge in [0.2, 0.25) is 0 Å². The molecule has 1 heterocycles. The van der Waals surface area contributed by atoms with E-state index >= 15 is 0 Å². The second-order valence-electron chi connectivity index (χ2n) is 4.72. The van der Waals surface area contributed by atoms with E-state index in [-0.39, 0.29) is 0 Å². The molecule has 18 heavy (non-hydrogen) atoms. The van der Waals surface area contributed by atoms with Gasteiger partial charge >= 0.3 is 0 Å². The Labute approximate surface area is 113 Å². The Morgan fingerprint density at radius 1 is 1.22 bits per heavy atom. The average molecular weight is 258 g/mol. The van der Waals surface area contributed by atoms with Gasteiger partial charge in [-0.2, -0.15) is 0 Å². The van der Waals surface area contributed by atoms with Crippen LogP contribution >= 0.6 is 12.2 Å². The van der Waals surface area contributed by atoms with E-state index in [0.717, 1.165) is 23.5 Å². The molecule has 1 aromatic heterocycles. The molecule has 0 saturated heterocycles. The molecule has 1 aromatic carbocycles. The Balaban J connectivity index is 2.42. The lowest BCUT2D eigenvalue weighted by Crippen LogP contribution is -1.95. The molecular weight excluding hydrogens is 240 g/mol. The molecule has 0 aliphatic carbocycles. The Bertz CT molecular complexity index is 582. The summed E-state index contributed by atoms with van der Waals surface area (Å²) in [5.41, 5.74) is 3.54. The van der Waals surface area contributed by atoms with Gasteiger partial charge in [-0.3, -0.25) is 0 Å². The molecule has 94 valence electrons. The van der Waals surface area contributed by atoms with E-state index in [2.05, 4.69) is 55.0 Å². The van der Waals surface area contributed by atoms with Crippen LogP contribution in [-0.2, 0) is 6.42 Å². The summed E-state index contributed by atoms with van der Waals surface area (Å²) in [5, 5.41) is 0. The summed E-state index contributed by atoms with van der Waals surface area (Å²) in [7, 11) is 0. The molecular formula is C15H18N2S. The molecule has 0 bridgehead atoms. The standard InChI is InChI=1S/C15H18N2S/c1-4-13-9-14(18)17-15(16-13)12-7-5-11(6-8-12)10(2)3/h5-10H,4H2,1-3H3,(H,16,17,18). The van der Waals surface area contributed by atoms with Crippen molar-refractivity contribution in [1.82, 2.24) is 9.97 Å². The first-order valence-corrected chi connectivity index (χ1v) is 6.71. The van der Waals surface area contributed by atoms with E-state index in [1.54, 1.807) is 0 Å². The molecule has 0 saturated carbocycles. The molecule has 2 rings (SSSR count). The molecule has 2 aromatic rings. The van der Waals surface area contributed by atoms with E-state index < -0.39 is 0 Å². The van der Waals surface area contributed by atoms with Gasteiger partial charge in [0.25, 0.3) is 0 Å². The third-order valence-electron chi connectivity index (χ3n) is 3.03. The number of nitrogens with one attached hydrogen (secondary N) is 1. The maximum absolute atomic E-state index is 5.19. The normalized spacial score (nSPS) is 10.9. The molecule has 0 aliphatic rings. The van der Waals surface area contributed by atoms with Crippen molar-refractivity contribution < 1.29 is 0 Å². The second-order valence-corrected chi connectivity index (χ2v) is 5.14. The van der Waals surface area contributed by atoms with Crippen molar-refractivity contribution in [3.8, 4) is 11.4 Å². The molecule has 0 amide bonds. The first-order chi connectivity index (χ1) is 8.60. The third kappa shape index (κ3) is 2.85. The smallest absolute Gasteiger partial charge is 0.139 e. The largest absolute Gasteiger partial charge is 0.343 e. The highest BCUT2D eigenvalue weighted by atomic mass is 32.1. The molecule has 1 N–H and O–H groups in total. The van der Waals surface area contributed by atoms with Crippen molar-refractivity contribution in [3.05, 3.63) is 46.2 Å². The van der Waals surface area contributed by atoms with Gasteiger partial charge in [0, 0.05) is 11.3 Å². The number of hydrogen-bond acceptors (Lipinski definition) is 2. The van der Waals surface area contributed by atoms with Crippen LogP contribution < -0.4 is 0 Å². The highest BCUT2D eigenvalue weighted by Gasteiger charge is 2.03.